The third-order valence-corrected chi connectivity index (χ3v) is 3.23. The second kappa shape index (κ2) is 5.61. The van der Waals surface area contributed by atoms with Gasteiger partial charge in [-0.1, -0.05) is 0 Å². The van der Waals surface area contributed by atoms with E-state index >= 15 is 0 Å². The van der Waals surface area contributed by atoms with Gasteiger partial charge in [0.15, 0.2) is 0 Å². The second-order valence-corrected chi connectivity index (χ2v) is 4.58. The standard InChI is InChI=1S/C15H17N3O2/c1-15(14(16)19,11-7-9-17-10-8-11)18-12-3-5-13(20-2)6-4-12/h3-10,18H,1-2H3,(H2,16,19). The lowest BCUT2D eigenvalue weighted by Crippen LogP contribution is -2.45. The molecule has 0 radical (unpaired) electrons. The number of benzene rings is 1. The van der Waals surface area contributed by atoms with Crippen LogP contribution in [0.3, 0.4) is 0 Å². The summed E-state index contributed by atoms with van der Waals surface area (Å²) in [6.45, 7) is 1.74. The third kappa shape index (κ3) is 2.71. The number of methoxy groups -OCH3 is 1. The molecule has 1 atom stereocenters. The Kier molecular flexibility index (Phi) is 3.89. The van der Waals surface area contributed by atoms with E-state index in [0.717, 1.165) is 17.0 Å². The Labute approximate surface area is 117 Å². The van der Waals surface area contributed by atoms with Crippen molar-refractivity contribution in [2.75, 3.05) is 12.4 Å². The number of nitrogens with zero attached hydrogens (tertiary/aromatic N) is 1. The smallest absolute Gasteiger partial charge is 0.247 e. The highest BCUT2D eigenvalue weighted by molar-refractivity contribution is 5.88. The number of pyridine rings is 1. The van der Waals surface area contributed by atoms with Crippen molar-refractivity contribution in [2.24, 2.45) is 5.73 Å². The van der Waals surface area contributed by atoms with Gasteiger partial charge in [-0.2, -0.15) is 0 Å². The lowest BCUT2D eigenvalue weighted by molar-refractivity contribution is -0.122. The van der Waals surface area contributed by atoms with Crippen LogP contribution in [0.1, 0.15) is 12.5 Å². The number of nitrogens with one attached hydrogen (secondary N) is 1. The zero-order valence-electron chi connectivity index (χ0n) is 11.5. The zero-order valence-corrected chi connectivity index (χ0v) is 11.5. The zero-order chi connectivity index (χ0) is 14.6. The van der Waals surface area contributed by atoms with Gasteiger partial charge in [-0.15, -0.1) is 0 Å². The van der Waals surface area contributed by atoms with E-state index in [9.17, 15) is 4.79 Å². The predicted octanol–water partition coefficient (Wildman–Crippen LogP) is 1.90. The molecule has 20 heavy (non-hydrogen) atoms. The van der Waals surface area contributed by atoms with E-state index in [1.807, 2.05) is 24.3 Å². The van der Waals surface area contributed by atoms with Crippen LogP contribution in [0.2, 0.25) is 0 Å². The average Bonchev–Trinajstić information content (AvgIpc) is 2.48. The van der Waals surface area contributed by atoms with Gasteiger partial charge in [0.05, 0.1) is 7.11 Å². The fourth-order valence-corrected chi connectivity index (χ4v) is 1.92. The number of anilines is 1. The highest BCUT2D eigenvalue weighted by Gasteiger charge is 2.33. The van der Waals surface area contributed by atoms with Crippen LogP contribution in [0.25, 0.3) is 0 Å². The monoisotopic (exact) mass is 271 g/mol. The highest BCUT2D eigenvalue weighted by atomic mass is 16.5. The molecule has 1 aromatic heterocycles. The van der Waals surface area contributed by atoms with E-state index in [-0.39, 0.29) is 0 Å². The summed E-state index contributed by atoms with van der Waals surface area (Å²) in [4.78, 5) is 15.8. The Morgan fingerprint density at radius 3 is 2.30 bits per heavy atom. The molecule has 2 aromatic rings. The largest absolute Gasteiger partial charge is 0.497 e. The quantitative estimate of drug-likeness (QED) is 0.870. The number of hydrogen-bond acceptors (Lipinski definition) is 4. The number of aromatic nitrogens is 1. The van der Waals surface area contributed by atoms with E-state index in [4.69, 9.17) is 10.5 Å². The van der Waals surface area contributed by atoms with Crippen molar-refractivity contribution in [3.05, 3.63) is 54.4 Å². The normalized spacial score (nSPS) is 13.3. The number of hydrogen-bond donors (Lipinski definition) is 2. The van der Waals surface area contributed by atoms with Crippen molar-refractivity contribution in [1.82, 2.24) is 4.98 Å². The number of carbonyl (C=O) groups is 1. The molecule has 2 rings (SSSR count). The van der Waals surface area contributed by atoms with Gasteiger partial charge in [-0.3, -0.25) is 9.78 Å². The first-order chi connectivity index (χ1) is 9.56. The summed E-state index contributed by atoms with van der Waals surface area (Å²) in [5.41, 5.74) is 6.10. The van der Waals surface area contributed by atoms with Crippen molar-refractivity contribution in [1.29, 1.82) is 0 Å². The van der Waals surface area contributed by atoms with Gasteiger partial charge in [-0.25, -0.2) is 0 Å². The van der Waals surface area contributed by atoms with Crippen molar-refractivity contribution in [3.8, 4) is 5.75 Å². The fourth-order valence-electron chi connectivity index (χ4n) is 1.92. The number of ether oxygens (including phenoxy) is 1. The van der Waals surface area contributed by atoms with Crippen LogP contribution in [0.15, 0.2) is 48.8 Å². The molecule has 1 aromatic carbocycles. The van der Waals surface area contributed by atoms with E-state index in [1.54, 1.807) is 38.6 Å². The Morgan fingerprint density at radius 2 is 1.80 bits per heavy atom. The summed E-state index contributed by atoms with van der Waals surface area (Å²) >= 11 is 0. The van der Waals surface area contributed by atoms with Crippen molar-refractivity contribution >= 4 is 11.6 Å². The number of carbonyl (C=O) groups excluding carboxylic acids is 1. The van der Waals surface area contributed by atoms with Crippen LogP contribution in [-0.4, -0.2) is 18.0 Å². The van der Waals surface area contributed by atoms with Crippen LogP contribution < -0.4 is 15.8 Å². The van der Waals surface area contributed by atoms with E-state index in [1.165, 1.54) is 0 Å². The molecule has 1 unspecified atom stereocenters. The van der Waals surface area contributed by atoms with Crippen LogP contribution in [0.4, 0.5) is 5.69 Å². The van der Waals surface area contributed by atoms with Gasteiger partial charge in [0.1, 0.15) is 11.3 Å². The molecule has 5 nitrogen and oxygen atoms in total. The minimum Gasteiger partial charge on any atom is -0.497 e. The lowest BCUT2D eigenvalue weighted by Gasteiger charge is -2.29. The van der Waals surface area contributed by atoms with Gasteiger partial charge in [0.25, 0.3) is 0 Å². The van der Waals surface area contributed by atoms with Crippen LogP contribution >= 0.6 is 0 Å². The maximum atomic E-state index is 11.9. The average molecular weight is 271 g/mol. The van der Waals surface area contributed by atoms with Crippen LogP contribution in [0.5, 0.6) is 5.75 Å². The Morgan fingerprint density at radius 1 is 1.20 bits per heavy atom. The molecule has 3 N–H and O–H groups in total. The molecule has 5 heteroatoms. The van der Waals surface area contributed by atoms with Crippen molar-refractivity contribution < 1.29 is 9.53 Å². The fraction of sp³-hybridized carbons (Fsp3) is 0.200. The molecular formula is C15H17N3O2. The Balaban J connectivity index is 2.32. The molecule has 0 spiro atoms. The van der Waals surface area contributed by atoms with E-state index in [0.29, 0.717) is 0 Å². The molecule has 0 aliphatic rings. The third-order valence-electron chi connectivity index (χ3n) is 3.23. The predicted molar refractivity (Wildman–Crippen MR) is 77.4 cm³/mol. The van der Waals surface area contributed by atoms with Gasteiger partial charge in [0.2, 0.25) is 5.91 Å². The van der Waals surface area contributed by atoms with Gasteiger partial charge < -0.3 is 15.8 Å². The maximum absolute atomic E-state index is 11.9. The van der Waals surface area contributed by atoms with Gasteiger partial charge in [0, 0.05) is 18.1 Å². The molecule has 0 saturated heterocycles. The van der Waals surface area contributed by atoms with Crippen LogP contribution in [0, 0.1) is 0 Å². The summed E-state index contributed by atoms with van der Waals surface area (Å²) in [5, 5.41) is 3.16. The van der Waals surface area contributed by atoms with Gasteiger partial charge >= 0.3 is 0 Å². The van der Waals surface area contributed by atoms with Gasteiger partial charge in [-0.05, 0) is 48.9 Å². The molecule has 0 bridgehead atoms. The summed E-state index contributed by atoms with van der Waals surface area (Å²) in [7, 11) is 1.60. The number of rotatable bonds is 5. The Bertz CT molecular complexity index is 584. The molecule has 1 amide bonds. The lowest BCUT2D eigenvalue weighted by atomic mass is 9.91. The van der Waals surface area contributed by atoms with Crippen molar-refractivity contribution in [2.45, 2.75) is 12.5 Å². The molecule has 0 fully saturated rings. The molecule has 104 valence electrons. The van der Waals surface area contributed by atoms with Crippen molar-refractivity contribution in [3.63, 3.8) is 0 Å². The molecule has 1 heterocycles. The Hall–Kier alpha value is -2.56. The maximum Gasteiger partial charge on any atom is 0.247 e. The first-order valence-corrected chi connectivity index (χ1v) is 6.19. The number of primary amides is 1. The minimum atomic E-state index is -1.00. The summed E-state index contributed by atoms with van der Waals surface area (Å²) in [6, 6.07) is 10.8. The second-order valence-electron chi connectivity index (χ2n) is 4.58. The highest BCUT2D eigenvalue weighted by Crippen LogP contribution is 2.26. The molecular weight excluding hydrogens is 254 g/mol. The molecule has 0 saturated carbocycles. The first kappa shape index (κ1) is 13.9. The SMILES string of the molecule is COc1ccc(NC(C)(C(N)=O)c2ccncc2)cc1. The molecule has 0 aliphatic carbocycles. The summed E-state index contributed by atoms with van der Waals surface area (Å²) < 4.78 is 5.10. The molecule has 0 aliphatic heterocycles. The number of amides is 1. The summed E-state index contributed by atoms with van der Waals surface area (Å²) in [6.07, 6.45) is 3.26. The number of nitrogens with two attached hydrogens (primary N) is 1. The minimum absolute atomic E-state index is 0.459. The summed E-state index contributed by atoms with van der Waals surface area (Å²) in [5.74, 6) is 0.291. The topological polar surface area (TPSA) is 77.2 Å². The first-order valence-electron chi connectivity index (χ1n) is 6.19. The van der Waals surface area contributed by atoms with Crippen LogP contribution in [-0.2, 0) is 10.3 Å². The van der Waals surface area contributed by atoms with E-state index < -0.39 is 11.4 Å². The van der Waals surface area contributed by atoms with E-state index in [2.05, 4.69) is 10.3 Å².